The third kappa shape index (κ3) is 2.32. The van der Waals surface area contributed by atoms with E-state index in [1.54, 1.807) is 13.0 Å². The third-order valence-electron chi connectivity index (χ3n) is 2.50. The van der Waals surface area contributed by atoms with E-state index in [1.807, 2.05) is 0 Å². The highest BCUT2D eigenvalue weighted by Gasteiger charge is 2.20. The Hall–Kier alpha value is -1.59. The lowest BCUT2D eigenvalue weighted by molar-refractivity contribution is 0.0694. The predicted molar refractivity (Wildman–Crippen MR) is 60.4 cm³/mol. The van der Waals surface area contributed by atoms with Gasteiger partial charge in [-0.3, -0.25) is 0 Å². The van der Waals surface area contributed by atoms with Crippen molar-refractivity contribution in [2.24, 2.45) is 11.5 Å². The van der Waals surface area contributed by atoms with Gasteiger partial charge in [-0.2, -0.15) is 0 Å². The van der Waals surface area contributed by atoms with E-state index in [0.717, 1.165) is 0 Å². The fraction of sp³-hybridized carbons (Fsp3) is 0.364. The number of hydrogen-bond donors (Lipinski definition) is 4. The summed E-state index contributed by atoms with van der Waals surface area (Å²) in [4.78, 5) is 11.0. The number of aromatic hydroxyl groups is 1. The molecule has 0 saturated heterocycles. The Bertz CT molecular complexity index is 404. The van der Waals surface area contributed by atoms with Gasteiger partial charge in [0.2, 0.25) is 0 Å². The van der Waals surface area contributed by atoms with Crippen LogP contribution in [0.25, 0.3) is 0 Å². The zero-order chi connectivity index (χ0) is 12.3. The summed E-state index contributed by atoms with van der Waals surface area (Å²) in [5.74, 6) is -1.15. The number of aryl methyl sites for hydroxylation is 1. The fourth-order valence-corrected chi connectivity index (χ4v) is 1.60. The third-order valence-corrected chi connectivity index (χ3v) is 2.50. The zero-order valence-electron chi connectivity index (χ0n) is 9.10. The van der Waals surface area contributed by atoms with Crippen molar-refractivity contribution in [3.8, 4) is 5.75 Å². The summed E-state index contributed by atoms with van der Waals surface area (Å²) in [5, 5.41) is 18.8. The Balaban J connectivity index is 3.31. The molecule has 0 saturated carbocycles. The second kappa shape index (κ2) is 4.96. The topological polar surface area (TPSA) is 110 Å². The van der Waals surface area contributed by atoms with Crippen molar-refractivity contribution in [3.05, 3.63) is 28.8 Å². The second-order valence-electron chi connectivity index (χ2n) is 3.68. The quantitative estimate of drug-likeness (QED) is 0.603. The molecule has 0 bridgehead atoms. The van der Waals surface area contributed by atoms with Crippen molar-refractivity contribution in [3.63, 3.8) is 0 Å². The summed E-state index contributed by atoms with van der Waals surface area (Å²) in [6, 6.07) is 2.44. The molecular weight excluding hydrogens is 208 g/mol. The van der Waals surface area contributed by atoms with Crippen molar-refractivity contribution in [1.82, 2.24) is 0 Å². The van der Waals surface area contributed by atoms with E-state index < -0.39 is 12.0 Å². The molecule has 88 valence electrons. The van der Waals surface area contributed by atoms with Gasteiger partial charge in [-0.25, -0.2) is 4.79 Å². The number of benzene rings is 1. The number of carboxylic acid groups (broad SMARTS) is 1. The normalized spacial score (nSPS) is 12.4. The molecule has 6 N–H and O–H groups in total. The number of nitrogens with two attached hydrogens (primary N) is 2. The number of carboxylic acids is 1. The molecule has 5 heteroatoms. The van der Waals surface area contributed by atoms with E-state index in [-0.39, 0.29) is 16.9 Å². The first-order chi connectivity index (χ1) is 7.49. The lowest BCUT2D eigenvalue weighted by Gasteiger charge is -2.16. The molecule has 1 aromatic rings. The largest absolute Gasteiger partial charge is 0.507 e. The summed E-state index contributed by atoms with van der Waals surface area (Å²) < 4.78 is 0. The van der Waals surface area contributed by atoms with Crippen LogP contribution in [0.2, 0.25) is 0 Å². The first-order valence-electron chi connectivity index (χ1n) is 5.00. The molecule has 0 heterocycles. The van der Waals surface area contributed by atoms with Gasteiger partial charge in [-0.15, -0.1) is 0 Å². The Morgan fingerprint density at radius 3 is 2.62 bits per heavy atom. The number of hydrogen-bond acceptors (Lipinski definition) is 4. The van der Waals surface area contributed by atoms with Gasteiger partial charge < -0.3 is 21.7 Å². The standard InChI is InChI=1S/C11H16N2O3/c1-6-2-3-7(11(15)16)9(10(6)14)8(13)4-5-12/h2-3,8,14H,4-5,12-13H2,1H3,(H,15,16)/t8-/m0/s1. The first kappa shape index (κ1) is 12.5. The van der Waals surface area contributed by atoms with Gasteiger partial charge in [0.05, 0.1) is 5.56 Å². The van der Waals surface area contributed by atoms with Crippen LogP contribution < -0.4 is 11.5 Å². The summed E-state index contributed by atoms with van der Waals surface area (Å²) in [5.41, 5.74) is 12.1. The average molecular weight is 224 g/mol. The van der Waals surface area contributed by atoms with Crippen LogP contribution in [-0.4, -0.2) is 22.7 Å². The first-order valence-corrected chi connectivity index (χ1v) is 5.00. The summed E-state index contributed by atoms with van der Waals surface area (Å²) >= 11 is 0. The Morgan fingerprint density at radius 2 is 2.12 bits per heavy atom. The van der Waals surface area contributed by atoms with Crippen molar-refractivity contribution >= 4 is 5.97 Å². The van der Waals surface area contributed by atoms with Crippen LogP contribution in [0.1, 0.15) is 33.9 Å². The smallest absolute Gasteiger partial charge is 0.336 e. The van der Waals surface area contributed by atoms with Gasteiger partial charge in [0.25, 0.3) is 0 Å². The summed E-state index contributed by atoms with van der Waals surface area (Å²) in [6.07, 6.45) is 0.428. The molecule has 0 aliphatic rings. The van der Waals surface area contributed by atoms with Crippen LogP contribution in [0.3, 0.4) is 0 Å². The number of aromatic carboxylic acids is 1. The second-order valence-corrected chi connectivity index (χ2v) is 3.68. The van der Waals surface area contributed by atoms with Crippen LogP contribution in [-0.2, 0) is 0 Å². The molecule has 0 unspecified atom stereocenters. The van der Waals surface area contributed by atoms with Crippen molar-refractivity contribution in [2.75, 3.05) is 6.54 Å². The molecule has 1 aromatic carbocycles. The van der Waals surface area contributed by atoms with Gasteiger partial charge in [-0.05, 0) is 31.5 Å². The van der Waals surface area contributed by atoms with Crippen LogP contribution >= 0.6 is 0 Å². The summed E-state index contributed by atoms with van der Waals surface area (Å²) in [6.45, 7) is 2.03. The summed E-state index contributed by atoms with van der Waals surface area (Å²) in [7, 11) is 0. The van der Waals surface area contributed by atoms with Crippen LogP contribution in [0.5, 0.6) is 5.75 Å². The molecule has 1 atom stereocenters. The van der Waals surface area contributed by atoms with E-state index >= 15 is 0 Å². The predicted octanol–water partition coefficient (Wildman–Crippen LogP) is 0.747. The minimum absolute atomic E-state index is 0.0315. The molecule has 0 aliphatic carbocycles. The SMILES string of the molecule is Cc1ccc(C(=O)O)c([C@@H](N)CCN)c1O. The van der Waals surface area contributed by atoms with E-state index in [0.29, 0.717) is 18.5 Å². The van der Waals surface area contributed by atoms with E-state index in [4.69, 9.17) is 16.6 Å². The molecule has 5 nitrogen and oxygen atoms in total. The minimum Gasteiger partial charge on any atom is -0.507 e. The Morgan fingerprint density at radius 1 is 1.50 bits per heavy atom. The molecule has 0 amide bonds. The molecule has 0 radical (unpaired) electrons. The zero-order valence-corrected chi connectivity index (χ0v) is 9.10. The maximum absolute atomic E-state index is 11.0. The highest BCUT2D eigenvalue weighted by molar-refractivity contribution is 5.90. The van der Waals surface area contributed by atoms with E-state index in [9.17, 15) is 9.90 Å². The number of phenolic OH excluding ortho intramolecular Hbond substituents is 1. The molecular formula is C11H16N2O3. The van der Waals surface area contributed by atoms with Crippen molar-refractivity contribution in [1.29, 1.82) is 0 Å². The fourth-order valence-electron chi connectivity index (χ4n) is 1.60. The van der Waals surface area contributed by atoms with Crippen molar-refractivity contribution < 1.29 is 15.0 Å². The van der Waals surface area contributed by atoms with Gasteiger partial charge >= 0.3 is 5.97 Å². The lowest BCUT2D eigenvalue weighted by Crippen LogP contribution is -2.19. The van der Waals surface area contributed by atoms with Gasteiger partial charge in [0, 0.05) is 11.6 Å². The van der Waals surface area contributed by atoms with Crippen LogP contribution in [0.15, 0.2) is 12.1 Å². The van der Waals surface area contributed by atoms with Gasteiger partial charge in [-0.1, -0.05) is 6.07 Å². The molecule has 1 rings (SSSR count). The van der Waals surface area contributed by atoms with Gasteiger partial charge in [0.15, 0.2) is 0 Å². The van der Waals surface area contributed by atoms with Crippen LogP contribution in [0.4, 0.5) is 0 Å². The minimum atomic E-state index is -1.10. The van der Waals surface area contributed by atoms with Crippen LogP contribution in [0, 0.1) is 6.92 Å². The maximum atomic E-state index is 11.0. The Labute approximate surface area is 93.7 Å². The number of rotatable bonds is 4. The average Bonchev–Trinajstić information content (AvgIpc) is 2.21. The highest BCUT2D eigenvalue weighted by Crippen LogP contribution is 2.31. The molecule has 0 fully saturated rings. The number of phenols is 1. The molecule has 0 aromatic heterocycles. The molecule has 0 spiro atoms. The lowest BCUT2D eigenvalue weighted by atomic mass is 9.95. The van der Waals surface area contributed by atoms with Crippen molar-refractivity contribution in [2.45, 2.75) is 19.4 Å². The molecule has 0 aliphatic heterocycles. The monoisotopic (exact) mass is 224 g/mol. The number of carbonyl (C=O) groups is 1. The van der Waals surface area contributed by atoms with E-state index in [2.05, 4.69) is 0 Å². The highest BCUT2D eigenvalue weighted by atomic mass is 16.4. The van der Waals surface area contributed by atoms with Gasteiger partial charge in [0.1, 0.15) is 5.75 Å². The Kier molecular flexibility index (Phi) is 3.87. The maximum Gasteiger partial charge on any atom is 0.336 e. The molecule has 16 heavy (non-hydrogen) atoms. The van der Waals surface area contributed by atoms with E-state index in [1.165, 1.54) is 6.07 Å².